The van der Waals surface area contributed by atoms with Gasteiger partial charge in [0, 0.05) is 55.9 Å². The van der Waals surface area contributed by atoms with Crippen LogP contribution in [0.2, 0.25) is 0 Å². The van der Waals surface area contributed by atoms with E-state index >= 15 is 0 Å². The Morgan fingerprint density at radius 2 is 2.08 bits per heavy atom. The largest absolute Gasteiger partial charge is 0.355 e. The molecule has 0 spiro atoms. The lowest BCUT2D eigenvalue weighted by atomic mass is 9.94. The van der Waals surface area contributed by atoms with Gasteiger partial charge in [0.05, 0.1) is 6.20 Å². The van der Waals surface area contributed by atoms with E-state index in [2.05, 4.69) is 43.5 Å². The summed E-state index contributed by atoms with van der Waals surface area (Å²) in [6.07, 6.45) is 12.3. The maximum absolute atomic E-state index is 4.94. The molecule has 0 bridgehead atoms. The number of aryl methyl sites for hydroxylation is 1. The second kappa shape index (κ2) is 7.01. The number of aromatic nitrogens is 5. The summed E-state index contributed by atoms with van der Waals surface area (Å²) in [5, 5.41) is 0. The Kier molecular flexibility index (Phi) is 4.41. The van der Waals surface area contributed by atoms with Gasteiger partial charge in [-0.15, -0.1) is 0 Å². The van der Waals surface area contributed by atoms with Gasteiger partial charge >= 0.3 is 0 Å². The van der Waals surface area contributed by atoms with Crippen LogP contribution in [0.15, 0.2) is 49.2 Å². The lowest BCUT2D eigenvalue weighted by Crippen LogP contribution is -2.35. The highest BCUT2D eigenvalue weighted by atomic mass is 15.2. The normalized spacial score (nSPS) is 17.6. The molecule has 25 heavy (non-hydrogen) atoms. The molecule has 1 aliphatic heterocycles. The molecule has 0 aliphatic carbocycles. The lowest BCUT2D eigenvalue weighted by Gasteiger charge is -2.33. The number of hydrogen-bond acceptors (Lipinski definition) is 5. The number of imidazole rings is 1. The Morgan fingerprint density at radius 1 is 1.12 bits per heavy atom. The molecule has 0 unspecified atom stereocenters. The fourth-order valence-electron chi connectivity index (χ4n) is 3.49. The van der Waals surface area contributed by atoms with Crippen molar-refractivity contribution < 1.29 is 0 Å². The summed E-state index contributed by atoms with van der Waals surface area (Å²) in [5.74, 6) is 3.34. The van der Waals surface area contributed by atoms with Crippen LogP contribution in [0.4, 0.5) is 5.82 Å². The third-order valence-corrected chi connectivity index (χ3v) is 4.75. The van der Waals surface area contributed by atoms with Crippen molar-refractivity contribution in [3.05, 3.63) is 60.7 Å². The van der Waals surface area contributed by atoms with E-state index in [0.29, 0.717) is 5.92 Å². The molecule has 0 radical (unpaired) electrons. The van der Waals surface area contributed by atoms with E-state index in [-0.39, 0.29) is 0 Å². The first-order valence-corrected chi connectivity index (χ1v) is 8.85. The van der Waals surface area contributed by atoms with Crippen molar-refractivity contribution in [1.29, 1.82) is 0 Å². The fourth-order valence-corrected chi connectivity index (χ4v) is 3.49. The van der Waals surface area contributed by atoms with Gasteiger partial charge in [-0.05, 0) is 25.0 Å². The van der Waals surface area contributed by atoms with Crippen molar-refractivity contribution in [2.24, 2.45) is 0 Å². The van der Waals surface area contributed by atoms with Gasteiger partial charge in [-0.1, -0.05) is 13.0 Å². The van der Waals surface area contributed by atoms with E-state index in [1.54, 1.807) is 12.4 Å². The summed E-state index contributed by atoms with van der Waals surface area (Å²) in [4.78, 5) is 20.3. The molecule has 0 aromatic carbocycles. The summed E-state index contributed by atoms with van der Waals surface area (Å²) in [5.41, 5.74) is 1.14. The number of pyridine rings is 1. The highest BCUT2D eigenvalue weighted by Gasteiger charge is 2.23. The molecule has 0 saturated carbocycles. The van der Waals surface area contributed by atoms with Crippen molar-refractivity contribution >= 4 is 5.82 Å². The lowest BCUT2D eigenvalue weighted by molar-refractivity contribution is 0.497. The van der Waals surface area contributed by atoms with Crippen LogP contribution < -0.4 is 4.90 Å². The summed E-state index contributed by atoms with van der Waals surface area (Å²) >= 11 is 0. The van der Waals surface area contributed by atoms with Gasteiger partial charge in [-0.3, -0.25) is 9.55 Å². The van der Waals surface area contributed by atoms with Gasteiger partial charge in [0.2, 0.25) is 0 Å². The van der Waals surface area contributed by atoms with E-state index in [9.17, 15) is 0 Å². The molecule has 1 aliphatic rings. The monoisotopic (exact) mass is 334 g/mol. The molecular formula is C19H22N6. The summed E-state index contributed by atoms with van der Waals surface area (Å²) in [7, 11) is 0. The predicted molar refractivity (Wildman–Crippen MR) is 97.0 cm³/mol. The van der Waals surface area contributed by atoms with Gasteiger partial charge in [0.15, 0.2) is 0 Å². The Labute approximate surface area is 147 Å². The second-order valence-corrected chi connectivity index (χ2v) is 6.34. The van der Waals surface area contributed by atoms with Crippen molar-refractivity contribution in [3.8, 4) is 5.82 Å². The van der Waals surface area contributed by atoms with Crippen molar-refractivity contribution in [3.63, 3.8) is 0 Å². The molecule has 1 fully saturated rings. The van der Waals surface area contributed by atoms with Crippen LogP contribution in [0.3, 0.4) is 0 Å². The van der Waals surface area contributed by atoms with Gasteiger partial charge in [0.25, 0.3) is 0 Å². The smallest absolute Gasteiger partial charge is 0.147 e. The van der Waals surface area contributed by atoms with E-state index in [4.69, 9.17) is 4.98 Å². The van der Waals surface area contributed by atoms with Crippen LogP contribution >= 0.6 is 0 Å². The number of rotatable bonds is 4. The first kappa shape index (κ1) is 15.7. The zero-order valence-electron chi connectivity index (χ0n) is 14.4. The molecule has 4 rings (SSSR count). The van der Waals surface area contributed by atoms with Crippen LogP contribution in [-0.2, 0) is 6.42 Å². The van der Waals surface area contributed by atoms with Gasteiger partial charge < -0.3 is 4.90 Å². The number of anilines is 1. The predicted octanol–water partition coefficient (Wildman–Crippen LogP) is 3.00. The molecular weight excluding hydrogens is 312 g/mol. The topological polar surface area (TPSA) is 59.7 Å². The van der Waals surface area contributed by atoms with Gasteiger partial charge in [-0.2, -0.15) is 0 Å². The number of hydrogen-bond donors (Lipinski definition) is 0. The highest BCUT2D eigenvalue weighted by molar-refractivity contribution is 5.37. The summed E-state index contributed by atoms with van der Waals surface area (Å²) in [6, 6.07) is 6.28. The minimum atomic E-state index is 0.407. The van der Waals surface area contributed by atoms with Crippen LogP contribution in [0.5, 0.6) is 0 Å². The zero-order chi connectivity index (χ0) is 17.1. The van der Waals surface area contributed by atoms with Crippen molar-refractivity contribution in [2.45, 2.75) is 32.1 Å². The Bertz CT molecular complexity index is 829. The third kappa shape index (κ3) is 3.24. The zero-order valence-corrected chi connectivity index (χ0v) is 14.4. The van der Waals surface area contributed by atoms with Crippen LogP contribution in [0.25, 0.3) is 5.82 Å². The molecule has 1 saturated heterocycles. The second-order valence-electron chi connectivity index (χ2n) is 6.34. The van der Waals surface area contributed by atoms with Crippen LogP contribution in [0.1, 0.15) is 37.2 Å². The minimum absolute atomic E-state index is 0.407. The molecule has 0 N–H and O–H groups in total. The third-order valence-electron chi connectivity index (χ3n) is 4.75. The maximum Gasteiger partial charge on any atom is 0.147 e. The summed E-state index contributed by atoms with van der Waals surface area (Å²) < 4.78 is 2.08. The minimum Gasteiger partial charge on any atom is -0.355 e. The first-order chi connectivity index (χ1) is 12.3. The van der Waals surface area contributed by atoms with Crippen LogP contribution in [0, 0.1) is 0 Å². The molecule has 4 heterocycles. The molecule has 3 aromatic heterocycles. The van der Waals surface area contributed by atoms with Gasteiger partial charge in [0.1, 0.15) is 17.5 Å². The van der Waals surface area contributed by atoms with E-state index in [1.807, 2.05) is 24.7 Å². The number of piperidine rings is 1. The van der Waals surface area contributed by atoms with Gasteiger partial charge in [-0.25, -0.2) is 15.0 Å². The van der Waals surface area contributed by atoms with E-state index in [0.717, 1.165) is 55.5 Å². The molecule has 3 aromatic rings. The van der Waals surface area contributed by atoms with Crippen molar-refractivity contribution in [1.82, 2.24) is 24.5 Å². The number of nitrogens with zero attached hydrogens (tertiary/aromatic N) is 6. The Hall–Kier alpha value is -2.76. The molecule has 6 heteroatoms. The standard InChI is InChI=1S/C19H22N6/c1-2-17-22-10-12-25(17)18-7-3-6-16(23-18)15-5-4-11-24(14-15)19-13-20-8-9-21-19/h3,6-10,12-13,15H,2,4-5,11,14H2,1H3/t15-/m1/s1. The summed E-state index contributed by atoms with van der Waals surface area (Å²) in [6.45, 7) is 4.07. The van der Waals surface area contributed by atoms with Crippen molar-refractivity contribution in [2.75, 3.05) is 18.0 Å². The van der Waals surface area contributed by atoms with E-state index in [1.165, 1.54) is 0 Å². The average molecular weight is 334 g/mol. The first-order valence-electron chi connectivity index (χ1n) is 8.85. The van der Waals surface area contributed by atoms with Crippen LogP contribution in [-0.4, -0.2) is 37.6 Å². The Balaban J connectivity index is 1.58. The molecule has 0 amide bonds. The highest BCUT2D eigenvalue weighted by Crippen LogP contribution is 2.28. The fraction of sp³-hybridized carbons (Fsp3) is 0.368. The Morgan fingerprint density at radius 3 is 2.92 bits per heavy atom. The SMILES string of the molecule is CCc1nccn1-c1cccc([C@@H]2CCCN(c3cnccn3)C2)n1. The molecule has 1 atom stereocenters. The molecule has 128 valence electrons. The average Bonchev–Trinajstić information content (AvgIpc) is 3.18. The quantitative estimate of drug-likeness (QED) is 0.734. The van der Waals surface area contributed by atoms with E-state index < -0.39 is 0 Å². The molecule has 6 nitrogen and oxygen atoms in total. The maximum atomic E-state index is 4.94.